The summed E-state index contributed by atoms with van der Waals surface area (Å²) in [7, 11) is 0. The molecule has 2 aromatic carbocycles. The van der Waals surface area contributed by atoms with Crippen LogP contribution in [-0.4, -0.2) is 41.9 Å². The van der Waals surface area contributed by atoms with E-state index in [9.17, 15) is 9.59 Å². The van der Waals surface area contributed by atoms with Crippen LogP contribution in [-0.2, 0) is 4.79 Å². The third-order valence-corrected chi connectivity index (χ3v) is 6.00. The number of nitrogens with zero attached hydrogens (tertiary/aromatic N) is 1. The predicted molar refractivity (Wildman–Crippen MR) is 111 cm³/mol. The van der Waals surface area contributed by atoms with Crippen molar-refractivity contribution in [1.82, 2.24) is 4.90 Å². The normalized spacial score (nSPS) is 17.6. The highest BCUT2D eigenvalue weighted by molar-refractivity contribution is 6.01. The molecule has 0 aromatic heterocycles. The summed E-state index contributed by atoms with van der Waals surface area (Å²) in [6.07, 6.45) is 1.69. The molecule has 5 nitrogen and oxygen atoms in total. The van der Waals surface area contributed by atoms with E-state index in [0.29, 0.717) is 43.7 Å². The van der Waals surface area contributed by atoms with Gasteiger partial charge in [0.2, 0.25) is 0 Å². The molecule has 0 saturated carbocycles. The van der Waals surface area contributed by atoms with Crippen LogP contribution in [0.3, 0.4) is 0 Å². The second-order valence-corrected chi connectivity index (χ2v) is 8.27. The summed E-state index contributed by atoms with van der Waals surface area (Å²) in [5.74, 6) is 1.54. The molecule has 0 aliphatic carbocycles. The summed E-state index contributed by atoms with van der Waals surface area (Å²) in [6, 6.07) is 11.7. The molecule has 1 spiro atoms. The zero-order chi connectivity index (χ0) is 20.6. The Hall–Kier alpha value is -2.82. The molecule has 0 atom stereocenters. The van der Waals surface area contributed by atoms with E-state index in [4.69, 9.17) is 9.47 Å². The third-order valence-electron chi connectivity index (χ3n) is 6.00. The average molecular weight is 393 g/mol. The molecule has 0 radical (unpaired) electrons. The van der Waals surface area contributed by atoms with Crippen LogP contribution in [0.2, 0.25) is 0 Å². The fourth-order valence-electron chi connectivity index (χ4n) is 4.41. The zero-order valence-electron chi connectivity index (χ0n) is 17.3. The highest BCUT2D eigenvalue weighted by Crippen LogP contribution is 2.41. The van der Waals surface area contributed by atoms with Crippen molar-refractivity contribution in [3.63, 3.8) is 0 Å². The lowest BCUT2D eigenvalue weighted by Crippen LogP contribution is -2.53. The lowest BCUT2D eigenvalue weighted by Gasteiger charge is -2.44. The van der Waals surface area contributed by atoms with Gasteiger partial charge in [0, 0.05) is 25.9 Å². The number of hydrogen-bond acceptors (Lipinski definition) is 4. The third kappa shape index (κ3) is 3.86. The van der Waals surface area contributed by atoms with Gasteiger partial charge in [-0.2, -0.15) is 0 Å². The lowest BCUT2D eigenvalue weighted by molar-refractivity contribution is -0.136. The summed E-state index contributed by atoms with van der Waals surface area (Å²) in [6.45, 7) is 7.10. The van der Waals surface area contributed by atoms with E-state index in [-0.39, 0.29) is 18.3 Å². The number of ketones is 1. The van der Waals surface area contributed by atoms with Gasteiger partial charge in [0.15, 0.2) is 12.4 Å². The molecule has 1 fully saturated rings. The van der Waals surface area contributed by atoms with Crippen molar-refractivity contribution in [2.75, 3.05) is 19.7 Å². The Morgan fingerprint density at radius 2 is 1.83 bits per heavy atom. The van der Waals surface area contributed by atoms with E-state index in [1.807, 2.05) is 62.1 Å². The van der Waals surface area contributed by atoms with Gasteiger partial charge < -0.3 is 14.4 Å². The molecule has 0 bridgehead atoms. The van der Waals surface area contributed by atoms with Crippen LogP contribution in [0.25, 0.3) is 0 Å². The van der Waals surface area contributed by atoms with E-state index < -0.39 is 5.60 Å². The fourth-order valence-corrected chi connectivity index (χ4v) is 4.41. The summed E-state index contributed by atoms with van der Waals surface area (Å²) in [5, 5.41) is 0. The summed E-state index contributed by atoms with van der Waals surface area (Å²) in [5.41, 5.74) is 3.29. The number of carbonyl (C=O) groups is 2. The molecular weight excluding hydrogens is 366 g/mol. The molecule has 0 unspecified atom stereocenters. The Bertz CT molecular complexity index is 957. The van der Waals surface area contributed by atoms with Crippen LogP contribution < -0.4 is 9.47 Å². The minimum absolute atomic E-state index is 0.0267. The van der Waals surface area contributed by atoms with Gasteiger partial charge in [-0.15, -0.1) is 0 Å². The second kappa shape index (κ2) is 7.54. The molecule has 152 valence electrons. The quantitative estimate of drug-likeness (QED) is 0.790. The number of ether oxygens (including phenoxy) is 2. The summed E-state index contributed by atoms with van der Waals surface area (Å²) in [4.78, 5) is 27.2. The van der Waals surface area contributed by atoms with Gasteiger partial charge in [0.05, 0.1) is 12.0 Å². The largest absolute Gasteiger partial charge is 0.486 e. The SMILES string of the molecule is Cc1cc(C)c2c(c1)OC1(CCN(C(=O)COc3ccccc3C)CC1)CC2=O. The van der Waals surface area contributed by atoms with Gasteiger partial charge in [-0.1, -0.05) is 24.3 Å². The Labute approximate surface area is 171 Å². The molecule has 2 aliphatic heterocycles. The first-order chi connectivity index (χ1) is 13.9. The highest BCUT2D eigenvalue weighted by atomic mass is 16.5. The standard InChI is InChI=1S/C24H27NO4/c1-16-12-18(3)23-19(26)14-24(29-21(23)13-16)8-10-25(11-9-24)22(27)15-28-20-7-5-4-6-17(20)2/h4-7,12-13H,8-11,14-15H2,1-3H3. The molecule has 1 amide bonds. The molecule has 2 aromatic rings. The van der Waals surface area contributed by atoms with Crippen LogP contribution in [0.4, 0.5) is 0 Å². The van der Waals surface area contributed by atoms with Crippen molar-refractivity contribution >= 4 is 11.7 Å². The maximum atomic E-state index is 12.8. The highest BCUT2D eigenvalue weighted by Gasteiger charge is 2.44. The number of fused-ring (bicyclic) bond motifs is 1. The van der Waals surface area contributed by atoms with E-state index in [1.165, 1.54) is 0 Å². The smallest absolute Gasteiger partial charge is 0.260 e. The van der Waals surface area contributed by atoms with E-state index in [2.05, 4.69) is 0 Å². The summed E-state index contributed by atoms with van der Waals surface area (Å²) < 4.78 is 12.1. The van der Waals surface area contributed by atoms with E-state index in [0.717, 1.165) is 22.4 Å². The molecule has 29 heavy (non-hydrogen) atoms. The minimum atomic E-state index is -0.502. The van der Waals surface area contributed by atoms with Gasteiger partial charge in [0.25, 0.3) is 5.91 Å². The van der Waals surface area contributed by atoms with Crippen LogP contribution in [0.15, 0.2) is 36.4 Å². The Morgan fingerprint density at radius 3 is 2.55 bits per heavy atom. The molecule has 2 aliphatic rings. The number of amides is 1. The maximum absolute atomic E-state index is 12.8. The van der Waals surface area contributed by atoms with Crippen molar-refractivity contribution in [2.24, 2.45) is 0 Å². The van der Waals surface area contributed by atoms with Crippen molar-refractivity contribution in [3.8, 4) is 11.5 Å². The van der Waals surface area contributed by atoms with Gasteiger partial charge >= 0.3 is 0 Å². The molecule has 1 saturated heterocycles. The number of piperidine rings is 1. The van der Waals surface area contributed by atoms with Crippen molar-refractivity contribution in [3.05, 3.63) is 58.7 Å². The van der Waals surface area contributed by atoms with Gasteiger partial charge in [-0.05, 0) is 49.6 Å². The Balaban J connectivity index is 1.39. The number of rotatable bonds is 3. The number of aryl methyl sites for hydroxylation is 3. The van der Waals surface area contributed by atoms with E-state index in [1.54, 1.807) is 0 Å². The number of benzene rings is 2. The van der Waals surface area contributed by atoms with E-state index >= 15 is 0 Å². The van der Waals surface area contributed by atoms with Crippen LogP contribution >= 0.6 is 0 Å². The van der Waals surface area contributed by atoms with Crippen LogP contribution in [0, 0.1) is 20.8 Å². The number of hydrogen-bond donors (Lipinski definition) is 0. The first-order valence-corrected chi connectivity index (χ1v) is 10.2. The van der Waals surface area contributed by atoms with Gasteiger partial charge in [-0.3, -0.25) is 9.59 Å². The molecule has 0 N–H and O–H groups in total. The number of likely N-dealkylation sites (tertiary alicyclic amines) is 1. The van der Waals surface area contributed by atoms with Gasteiger partial charge in [0.1, 0.15) is 17.1 Å². The first kappa shape index (κ1) is 19.5. The predicted octanol–water partition coefficient (Wildman–Crippen LogP) is 4.02. The lowest BCUT2D eigenvalue weighted by atomic mass is 9.81. The zero-order valence-corrected chi connectivity index (χ0v) is 17.3. The number of Topliss-reactive ketones (excluding diaryl/α,β-unsaturated/α-hetero) is 1. The molecule has 2 heterocycles. The fraction of sp³-hybridized carbons (Fsp3) is 0.417. The van der Waals surface area contributed by atoms with Crippen LogP contribution in [0.5, 0.6) is 11.5 Å². The van der Waals surface area contributed by atoms with Gasteiger partial charge in [-0.25, -0.2) is 0 Å². The molecular formula is C24H27NO4. The Morgan fingerprint density at radius 1 is 1.10 bits per heavy atom. The molecule has 5 heteroatoms. The summed E-state index contributed by atoms with van der Waals surface area (Å²) >= 11 is 0. The monoisotopic (exact) mass is 393 g/mol. The van der Waals surface area contributed by atoms with Crippen molar-refractivity contribution in [1.29, 1.82) is 0 Å². The molecule has 4 rings (SSSR count). The first-order valence-electron chi connectivity index (χ1n) is 10.2. The average Bonchev–Trinajstić information content (AvgIpc) is 2.66. The second-order valence-electron chi connectivity index (χ2n) is 8.27. The Kier molecular flexibility index (Phi) is 5.07. The topological polar surface area (TPSA) is 55.8 Å². The van der Waals surface area contributed by atoms with Crippen LogP contribution in [0.1, 0.15) is 46.3 Å². The van der Waals surface area contributed by atoms with Crippen molar-refractivity contribution < 1.29 is 19.1 Å². The number of para-hydroxylation sites is 1. The number of carbonyl (C=O) groups excluding carboxylic acids is 2. The maximum Gasteiger partial charge on any atom is 0.260 e. The minimum Gasteiger partial charge on any atom is -0.486 e. The van der Waals surface area contributed by atoms with Crippen molar-refractivity contribution in [2.45, 2.75) is 45.6 Å².